The predicted octanol–water partition coefficient (Wildman–Crippen LogP) is 2.73. The first-order valence-corrected chi connectivity index (χ1v) is 8.93. The maximum Gasteiger partial charge on any atom is 0.274 e. The number of hydrogen-bond donors (Lipinski definition) is 1. The zero-order valence-electron chi connectivity index (χ0n) is 15.3. The second kappa shape index (κ2) is 6.16. The molecule has 136 valence electrons. The fourth-order valence-electron chi connectivity index (χ4n) is 3.88. The van der Waals surface area contributed by atoms with Crippen molar-refractivity contribution in [2.24, 2.45) is 5.92 Å². The molecule has 0 radical (unpaired) electrons. The Morgan fingerprint density at radius 2 is 2.15 bits per heavy atom. The van der Waals surface area contributed by atoms with Gasteiger partial charge in [-0.3, -0.25) is 9.20 Å². The third kappa shape index (κ3) is 2.46. The van der Waals surface area contributed by atoms with E-state index in [0.29, 0.717) is 28.5 Å². The van der Waals surface area contributed by atoms with E-state index in [1.165, 1.54) is 0 Å². The van der Waals surface area contributed by atoms with Crippen molar-refractivity contribution in [1.29, 1.82) is 0 Å². The third-order valence-electron chi connectivity index (χ3n) is 5.19. The van der Waals surface area contributed by atoms with Gasteiger partial charge in [-0.15, -0.1) is 0 Å². The Morgan fingerprint density at radius 1 is 1.35 bits per heavy atom. The molecule has 1 aliphatic heterocycles. The van der Waals surface area contributed by atoms with Crippen molar-refractivity contribution in [3.05, 3.63) is 30.1 Å². The number of fused-ring (bicyclic) bond motifs is 3. The Balaban J connectivity index is 1.84. The van der Waals surface area contributed by atoms with Gasteiger partial charge in [0, 0.05) is 24.2 Å². The molecule has 1 amide bonds. The van der Waals surface area contributed by atoms with Gasteiger partial charge >= 0.3 is 0 Å². The quantitative estimate of drug-likeness (QED) is 0.782. The Hall–Kier alpha value is -2.83. The van der Waals surface area contributed by atoms with Crippen molar-refractivity contribution in [3.8, 4) is 5.75 Å². The standard InChI is InChI=1S/C19H23N5O2/c1-11(2)14-7-5-9-23(14)18(25)13-10-24-17(21-13)12-6-4-8-15(26-3)16(12)22-19(24)20/h4,6,8,10-11,14H,5,7,9H2,1-3H3,(H2,20,22). The fraction of sp³-hybridized carbons (Fsp3) is 0.421. The first-order chi connectivity index (χ1) is 12.5. The van der Waals surface area contributed by atoms with E-state index in [4.69, 9.17) is 10.5 Å². The number of rotatable bonds is 3. The normalized spacial score (nSPS) is 17.5. The molecule has 1 atom stereocenters. The van der Waals surface area contributed by atoms with Crippen molar-refractivity contribution in [3.63, 3.8) is 0 Å². The van der Waals surface area contributed by atoms with Crippen LogP contribution in [0.4, 0.5) is 5.95 Å². The molecule has 7 nitrogen and oxygen atoms in total. The lowest BCUT2D eigenvalue weighted by molar-refractivity contribution is 0.0696. The van der Waals surface area contributed by atoms with E-state index in [9.17, 15) is 4.79 Å². The minimum atomic E-state index is -0.0413. The van der Waals surface area contributed by atoms with Gasteiger partial charge in [0.15, 0.2) is 0 Å². The maximum atomic E-state index is 13.1. The summed E-state index contributed by atoms with van der Waals surface area (Å²) in [6, 6.07) is 5.88. The van der Waals surface area contributed by atoms with Crippen LogP contribution in [-0.2, 0) is 0 Å². The molecule has 2 aromatic heterocycles. The SMILES string of the molecule is COc1cccc2c1nc(N)n1cc(C(=O)N3CCCC3C(C)C)nc21. The summed E-state index contributed by atoms with van der Waals surface area (Å²) in [4.78, 5) is 24.1. The van der Waals surface area contributed by atoms with Gasteiger partial charge in [-0.05, 0) is 30.9 Å². The van der Waals surface area contributed by atoms with Gasteiger partial charge < -0.3 is 15.4 Å². The minimum Gasteiger partial charge on any atom is -0.494 e. The second-order valence-electron chi connectivity index (χ2n) is 7.10. The van der Waals surface area contributed by atoms with Crippen LogP contribution >= 0.6 is 0 Å². The molecule has 3 heterocycles. The van der Waals surface area contributed by atoms with Crippen molar-refractivity contribution in [1.82, 2.24) is 19.3 Å². The highest BCUT2D eigenvalue weighted by atomic mass is 16.5. The highest BCUT2D eigenvalue weighted by molar-refractivity contribution is 5.99. The van der Waals surface area contributed by atoms with E-state index < -0.39 is 0 Å². The molecule has 1 saturated heterocycles. The molecule has 0 aliphatic carbocycles. The van der Waals surface area contributed by atoms with Crippen molar-refractivity contribution in [2.45, 2.75) is 32.7 Å². The summed E-state index contributed by atoms with van der Waals surface area (Å²) in [6.45, 7) is 5.08. The molecule has 3 aromatic rings. The molecular weight excluding hydrogens is 330 g/mol. The van der Waals surface area contributed by atoms with Crippen molar-refractivity contribution < 1.29 is 9.53 Å². The zero-order chi connectivity index (χ0) is 18.4. The number of likely N-dealkylation sites (tertiary alicyclic amines) is 1. The Kier molecular flexibility index (Phi) is 3.94. The van der Waals surface area contributed by atoms with Crippen LogP contribution in [-0.4, -0.2) is 44.9 Å². The van der Waals surface area contributed by atoms with Crippen LogP contribution in [0.1, 0.15) is 37.2 Å². The summed E-state index contributed by atoms with van der Waals surface area (Å²) in [5.41, 5.74) is 7.79. The number of anilines is 1. The average molecular weight is 353 g/mol. The number of nitrogens with two attached hydrogens (primary N) is 1. The van der Waals surface area contributed by atoms with E-state index in [0.717, 1.165) is 24.8 Å². The van der Waals surface area contributed by atoms with Crippen LogP contribution in [0.5, 0.6) is 5.75 Å². The van der Waals surface area contributed by atoms with Gasteiger partial charge in [-0.25, -0.2) is 9.97 Å². The Bertz CT molecular complexity index is 994. The molecule has 1 aliphatic rings. The number of benzene rings is 1. The van der Waals surface area contributed by atoms with E-state index >= 15 is 0 Å². The number of para-hydroxylation sites is 1. The molecule has 26 heavy (non-hydrogen) atoms. The van der Waals surface area contributed by atoms with E-state index in [-0.39, 0.29) is 17.9 Å². The molecular formula is C19H23N5O2. The number of amides is 1. The second-order valence-corrected chi connectivity index (χ2v) is 7.10. The Labute approximate surface area is 151 Å². The molecule has 2 N–H and O–H groups in total. The number of carbonyl (C=O) groups is 1. The average Bonchev–Trinajstić information content (AvgIpc) is 3.28. The van der Waals surface area contributed by atoms with Gasteiger partial charge in [0.2, 0.25) is 5.95 Å². The number of ether oxygens (including phenoxy) is 1. The summed E-state index contributed by atoms with van der Waals surface area (Å²) in [5.74, 6) is 1.30. The van der Waals surface area contributed by atoms with E-state index in [2.05, 4.69) is 23.8 Å². The van der Waals surface area contributed by atoms with E-state index in [1.54, 1.807) is 17.7 Å². The number of nitrogen functional groups attached to an aromatic ring is 1. The maximum absolute atomic E-state index is 13.1. The smallest absolute Gasteiger partial charge is 0.274 e. The largest absolute Gasteiger partial charge is 0.494 e. The van der Waals surface area contributed by atoms with Gasteiger partial charge in [-0.2, -0.15) is 0 Å². The molecule has 1 fully saturated rings. The lowest BCUT2D eigenvalue weighted by atomic mass is 10.0. The predicted molar refractivity (Wildman–Crippen MR) is 100 cm³/mol. The summed E-state index contributed by atoms with van der Waals surface area (Å²) in [7, 11) is 1.59. The highest BCUT2D eigenvalue weighted by Gasteiger charge is 2.32. The summed E-state index contributed by atoms with van der Waals surface area (Å²) < 4.78 is 7.05. The first kappa shape index (κ1) is 16.6. The monoisotopic (exact) mass is 353 g/mol. The molecule has 1 unspecified atom stereocenters. The molecule has 1 aromatic carbocycles. The summed E-state index contributed by atoms with van der Waals surface area (Å²) in [6.07, 6.45) is 3.76. The van der Waals surface area contributed by atoms with E-state index in [1.807, 2.05) is 23.1 Å². The highest BCUT2D eigenvalue weighted by Crippen LogP contribution is 2.29. The van der Waals surface area contributed by atoms with Crippen LogP contribution in [0.2, 0.25) is 0 Å². The number of nitrogens with zero attached hydrogens (tertiary/aromatic N) is 4. The number of methoxy groups -OCH3 is 1. The van der Waals surface area contributed by atoms with Crippen molar-refractivity contribution in [2.75, 3.05) is 19.4 Å². The van der Waals surface area contributed by atoms with Crippen molar-refractivity contribution >= 4 is 28.4 Å². The summed E-state index contributed by atoms with van der Waals surface area (Å²) >= 11 is 0. The van der Waals surface area contributed by atoms with Crippen LogP contribution in [0, 0.1) is 5.92 Å². The minimum absolute atomic E-state index is 0.0413. The van der Waals surface area contributed by atoms with Crippen LogP contribution in [0.25, 0.3) is 16.6 Å². The number of hydrogen-bond acceptors (Lipinski definition) is 5. The summed E-state index contributed by atoms with van der Waals surface area (Å²) in [5, 5.41) is 0.805. The number of carbonyl (C=O) groups excluding carboxylic acids is 1. The van der Waals surface area contributed by atoms with Crippen LogP contribution in [0.15, 0.2) is 24.4 Å². The molecule has 0 spiro atoms. The zero-order valence-corrected chi connectivity index (χ0v) is 15.3. The molecule has 7 heteroatoms. The van der Waals surface area contributed by atoms with Crippen LogP contribution in [0.3, 0.4) is 0 Å². The fourth-order valence-corrected chi connectivity index (χ4v) is 3.88. The first-order valence-electron chi connectivity index (χ1n) is 8.93. The number of aromatic nitrogens is 3. The van der Waals surface area contributed by atoms with Crippen LogP contribution < -0.4 is 10.5 Å². The molecule has 0 saturated carbocycles. The van der Waals surface area contributed by atoms with Gasteiger partial charge in [0.05, 0.1) is 7.11 Å². The van der Waals surface area contributed by atoms with Gasteiger partial charge in [0.1, 0.15) is 22.6 Å². The topological polar surface area (TPSA) is 85.8 Å². The van der Waals surface area contributed by atoms with Gasteiger partial charge in [0.25, 0.3) is 5.91 Å². The molecule has 4 rings (SSSR count). The number of imidazole rings is 1. The lowest BCUT2D eigenvalue weighted by Gasteiger charge is -2.26. The third-order valence-corrected chi connectivity index (χ3v) is 5.19. The lowest BCUT2D eigenvalue weighted by Crippen LogP contribution is -2.38. The molecule has 0 bridgehead atoms. The van der Waals surface area contributed by atoms with Gasteiger partial charge in [-0.1, -0.05) is 19.9 Å². The Morgan fingerprint density at radius 3 is 2.88 bits per heavy atom.